The number of amides is 1. The number of ether oxygens (including phenoxy) is 2. The van der Waals surface area contributed by atoms with E-state index in [1.54, 1.807) is 32.0 Å². The molecule has 0 radical (unpaired) electrons. The van der Waals surface area contributed by atoms with Crippen LogP contribution in [0.25, 0.3) is 0 Å². The molecule has 1 N–H and O–H groups in total. The van der Waals surface area contributed by atoms with E-state index in [4.69, 9.17) is 14.0 Å². The number of hydrogen-bond acceptors (Lipinski definition) is 8. The zero-order chi connectivity index (χ0) is 22.7. The Kier molecular flexibility index (Phi) is 6.79. The number of rotatable bonds is 6. The Bertz CT molecular complexity index is 1050. The van der Waals surface area contributed by atoms with Gasteiger partial charge in [-0.1, -0.05) is 5.16 Å². The Labute approximate surface area is 187 Å². The number of anilines is 2. The molecule has 11 heteroatoms. The minimum atomic E-state index is -3.70. The molecule has 2 aliphatic rings. The van der Waals surface area contributed by atoms with Crippen LogP contribution < -0.4 is 10.2 Å². The van der Waals surface area contributed by atoms with E-state index in [0.29, 0.717) is 69.7 Å². The topological polar surface area (TPSA) is 114 Å². The fourth-order valence-corrected chi connectivity index (χ4v) is 5.34. The van der Waals surface area contributed by atoms with Gasteiger partial charge in [0.25, 0.3) is 0 Å². The zero-order valence-corrected chi connectivity index (χ0v) is 19.1. The van der Waals surface area contributed by atoms with Crippen LogP contribution in [-0.4, -0.2) is 76.4 Å². The summed E-state index contributed by atoms with van der Waals surface area (Å²) in [5.74, 6) is 0.324. The van der Waals surface area contributed by atoms with E-state index < -0.39 is 10.0 Å². The molecule has 3 heterocycles. The molecular weight excluding hydrogens is 436 g/mol. The highest BCUT2D eigenvalue weighted by molar-refractivity contribution is 7.89. The second kappa shape index (κ2) is 9.57. The maximum Gasteiger partial charge on any atom is 0.243 e. The van der Waals surface area contributed by atoms with E-state index >= 15 is 0 Å². The average molecular weight is 465 g/mol. The highest BCUT2D eigenvalue weighted by Crippen LogP contribution is 2.31. The molecule has 0 atom stereocenters. The van der Waals surface area contributed by atoms with E-state index in [1.165, 1.54) is 4.31 Å². The van der Waals surface area contributed by atoms with Crippen LogP contribution in [0.4, 0.5) is 11.4 Å². The van der Waals surface area contributed by atoms with Crippen molar-refractivity contribution in [1.82, 2.24) is 9.46 Å². The van der Waals surface area contributed by atoms with Gasteiger partial charge in [0, 0.05) is 31.7 Å². The standard InChI is InChI=1S/C21H28N4O6S/c1-15-18(16(2)31-23-15)14-21(26)22-19-13-17(32(27,28)25-7-11-30-12-8-25)3-4-20(19)24-5-9-29-10-6-24/h3-4,13H,5-12,14H2,1-2H3,(H,22,26). The predicted molar refractivity (Wildman–Crippen MR) is 117 cm³/mol. The first-order valence-electron chi connectivity index (χ1n) is 10.6. The Hall–Kier alpha value is -2.47. The van der Waals surface area contributed by atoms with Crippen molar-refractivity contribution in [3.05, 3.63) is 35.2 Å². The molecular formula is C21H28N4O6S. The number of nitrogens with zero attached hydrogens (tertiary/aromatic N) is 3. The van der Waals surface area contributed by atoms with Gasteiger partial charge >= 0.3 is 0 Å². The molecule has 1 aromatic carbocycles. The van der Waals surface area contributed by atoms with Crippen LogP contribution in [0.2, 0.25) is 0 Å². The summed E-state index contributed by atoms with van der Waals surface area (Å²) in [7, 11) is -3.70. The summed E-state index contributed by atoms with van der Waals surface area (Å²) in [5, 5.41) is 6.81. The highest BCUT2D eigenvalue weighted by Gasteiger charge is 2.28. The van der Waals surface area contributed by atoms with E-state index in [2.05, 4.69) is 15.4 Å². The van der Waals surface area contributed by atoms with Crippen LogP contribution in [0.3, 0.4) is 0 Å². The smallest absolute Gasteiger partial charge is 0.243 e. The molecule has 2 fully saturated rings. The molecule has 0 bridgehead atoms. The molecule has 2 saturated heterocycles. The minimum Gasteiger partial charge on any atom is -0.379 e. The van der Waals surface area contributed by atoms with Gasteiger partial charge < -0.3 is 24.2 Å². The molecule has 2 aromatic rings. The second-order valence-electron chi connectivity index (χ2n) is 7.82. The first-order valence-corrected chi connectivity index (χ1v) is 12.1. The predicted octanol–water partition coefficient (Wildman–Crippen LogP) is 1.33. The first-order chi connectivity index (χ1) is 15.4. The summed E-state index contributed by atoms with van der Waals surface area (Å²) in [6.07, 6.45) is 0.0875. The molecule has 0 spiro atoms. The molecule has 32 heavy (non-hydrogen) atoms. The van der Waals surface area contributed by atoms with Gasteiger partial charge in [-0.15, -0.1) is 0 Å². The Balaban J connectivity index is 1.63. The number of aryl methyl sites for hydroxylation is 2. The van der Waals surface area contributed by atoms with Gasteiger partial charge in [-0.3, -0.25) is 4.79 Å². The Morgan fingerprint density at radius 2 is 1.72 bits per heavy atom. The van der Waals surface area contributed by atoms with Gasteiger partial charge in [0.05, 0.1) is 54.8 Å². The lowest BCUT2D eigenvalue weighted by Crippen LogP contribution is -2.40. The SMILES string of the molecule is Cc1noc(C)c1CC(=O)Nc1cc(S(=O)(=O)N2CCOCC2)ccc1N1CCOCC1. The lowest BCUT2D eigenvalue weighted by atomic mass is 10.1. The highest BCUT2D eigenvalue weighted by atomic mass is 32.2. The van der Waals surface area contributed by atoms with Gasteiger partial charge in [-0.2, -0.15) is 4.31 Å². The molecule has 10 nitrogen and oxygen atoms in total. The van der Waals surface area contributed by atoms with Crippen molar-refractivity contribution in [3.63, 3.8) is 0 Å². The van der Waals surface area contributed by atoms with E-state index in [0.717, 1.165) is 11.3 Å². The fraction of sp³-hybridized carbons (Fsp3) is 0.524. The van der Waals surface area contributed by atoms with Crippen molar-refractivity contribution in [2.24, 2.45) is 0 Å². The van der Waals surface area contributed by atoms with Crippen molar-refractivity contribution in [2.45, 2.75) is 25.2 Å². The summed E-state index contributed by atoms with van der Waals surface area (Å²) in [5.41, 5.74) is 2.61. The van der Waals surface area contributed by atoms with Crippen LogP contribution in [0.5, 0.6) is 0 Å². The fourth-order valence-electron chi connectivity index (χ4n) is 3.90. The van der Waals surface area contributed by atoms with Crippen molar-refractivity contribution < 1.29 is 27.2 Å². The molecule has 2 aliphatic heterocycles. The number of aromatic nitrogens is 1. The van der Waals surface area contributed by atoms with Crippen molar-refractivity contribution in [2.75, 3.05) is 62.8 Å². The van der Waals surface area contributed by atoms with Crippen molar-refractivity contribution in [1.29, 1.82) is 0 Å². The van der Waals surface area contributed by atoms with Gasteiger partial charge in [0.2, 0.25) is 15.9 Å². The number of nitrogens with one attached hydrogen (secondary N) is 1. The van der Waals surface area contributed by atoms with E-state index in [-0.39, 0.29) is 17.2 Å². The van der Waals surface area contributed by atoms with Crippen LogP contribution in [0.15, 0.2) is 27.6 Å². The summed E-state index contributed by atoms with van der Waals surface area (Å²) in [6.45, 7) is 7.34. The van der Waals surface area contributed by atoms with E-state index in [1.807, 2.05) is 0 Å². The Morgan fingerprint density at radius 3 is 2.34 bits per heavy atom. The number of sulfonamides is 1. The van der Waals surface area contributed by atoms with Crippen LogP contribution >= 0.6 is 0 Å². The molecule has 0 saturated carbocycles. The molecule has 174 valence electrons. The van der Waals surface area contributed by atoms with Crippen LogP contribution in [0, 0.1) is 13.8 Å². The second-order valence-corrected chi connectivity index (χ2v) is 9.76. The largest absolute Gasteiger partial charge is 0.379 e. The lowest BCUT2D eigenvalue weighted by Gasteiger charge is -2.31. The molecule has 4 rings (SSSR count). The third-order valence-electron chi connectivity index (χ3n) is 5.72. The maximum atomic E-state index is 13.2. The van der Waals surface area contributed by atoms with Crippen molar-refractivity contribution in [3.8, 4) is 0 Å². The Morgan fingerprint density at radius 1 is 1.06 bits per heavy atom. The zero-order valence-electron chi connectivity index (χ0n) is 18.3. The third kappa shape index (κ3) is 4.80. The first kappa shape index (κ1) is 22.7. The van der Waals surface area contributed by atoms with Crippen LogP contribution in [0.1, 0.15) is 17.0 Å². The summed E-state index contributed by atoms with van der Waals surface area (Å²) in [6, 6.07) is 4.89. The molecule has 1 aromatic heterocycles. The summed E-state index contributed by atoms with van der Waals surface area (Å²) in [4.78, 5) is 15.1. The quantitative estimate of drug-likeness (QED) is 0.681. The number of hydrogen-bond donors (Lipinski definition) is 1. The maximum absolute atomic E-state index is 13.2. The van der Waals surface area contributed by atoms with Gasteiger partial charge in [-0.25, -0.2) is 8.42 Å². The van der Waals surface area contributed by atoms with Gasteiger partial charge in [0.15, 0.2) is 0 Å². The normalized spacial score (nSPS) is 18.0. The van der Waals surface area contributed by atoms with Crippen molar-refractivity contribution >= 4 is 27.3 Å². The molecule has 0 aliphatic carbocycles. The number of carbonyl (C=O) groups is 1. The number of morpholine rings is 2. The number of benzene rings is 1. The van der Waals surface area contributed by atoms with Crippen LogP contribution in [-0.2, 0) is 30.7 Å². The van der Waals surface area contributed by atoms with Gasteiger partial charge in [-0.05, 0) is 32.0 Å². The summed E-state index contributed by atoms with van der Waals surface area (Å²) >= 11 is 0. The molecule has 0 unspecified atom stereocenters. The average Bonchev–Trinajstić information content (AvgIpc) is 3.12. The van der Waals surface area contributed by atoms with E-state index in [9.17, 15) is 13.2 Å². The monoisotopic (exact) mass is 464 g/mol. The number of carbonyl (C=O) groups excluding carboxylic acids is 1. The lowest BCUT2D eigenvalue weighted by molar-refractivity contribution is -0.115. The molecule has 1 amide bonds. The summed E-state index contributed by atoms with van der Waals surface area (Å²) < 4.78 is 43.6. The minimum absolute atomic E-state index is 0.0875. The third-order valence-corrected chi connectivity index (χ3v) is 7.61. The van der Waals surface area contributed by atoms with Gasteiger partial charge in [0.1, 0.15) is 5.76 Å².